The van der Waals surface area contributed by atoms with Crippen LogP contribution in [-0.4, -0.2) is 52.8 Å². The Morgan fingerprint density at radius 3 is 2.96 bits per heavy atom. The first-order valence-corrected chi connectivity index (χ1v) is 9.03. The molecule has 0 N–H and O–H groups in total. The van der Waals surface area contributed by atoms with Gasteiger partial charge in [0.05, 0.1) is 12.2 Å². The molecular formula is C18H27N3O2. The zero-order valence-corrected chi connectivity index (χ0v) is 14.0. The lowest BCUT2D eigenvalue weighted by Gasteiger charge is -2.57. The molecule has 126 valence electrons. The van der Waals surface area contributed by atoms with E-state index in [1.54, 1.807) is 6.20 Å². The van der Waals surface area contributed by atoms with Gasteiger partial charge in [-0.25, -0.2) is 9.97 Å². The van der Waals surface area contributed by atoms with Crippen LogP contribution in [0.4, 0.5) is 0 Å². The first-order valence-electron chi connectivity index (χ1n) is 9.03. The second-order valence-electron chi connectivity index (χ2n) is 7.50. The van der Waals surface area contributed by atoms with Gasteiger partial charge in [0.2, 0.25) is 0 Å². The third-order valence-electron chi connectivity index (χ3n) is 5.70. The summed E-state index contributed by atoms with van der Waals surface area (Å²) in [5.74, 6) is 0.706. The van der Waals surface area contributed by atoms with Crippen molar-refractivity contribution < 1.29 is 9.47 Å². The molecular weight excluding hydrogens is 290 g/mol. The summed E-state index contributed by atoms with van der Waals surface area (Å²) in [4.78, 5) is 11.1. The van der Waals surface area contributed by atoms with Crippen molar-refractivity contribution in [3.05, 3.63) is 18.0 Å². The average Bonchev–Trinajstić information content (AvgIpc) is 2.44. The predicted molar refractivity (Wildman–Crippen MR) is 87.5 cm³/mol. The predicted octanol–water partition coefficient (Wildman–Crippen LogP) is 2.59. The maximum absolute atomic E-state index is 6.15. The van der Waals surface area contributed by atoms with Crippen molar-refractivity contribution in [2.75, 3.05) is 26.3 Å². The molecule has 1 atom stereocenters. The second kappa shape index (κ2) is 6.36. The van der Waals surface area contributed by atoms with Crippen molar-refractivity contribution >= 4 is 0 Å². The van der Waals surface area contributed by atoms with Crippen LogP contribution in [0.3, 0.4) is 0 Å². The molecule has 0 radical (unpaired) electrons. The van der Waals surface area contributed by atoms with E-state index in [1.165, 1.54) is 25.7 Å². The summed E-state index contributed by atoms with van der Waals surface area (Å²) in [6.07, 6.45) is 9.37. The largest absolute Gasteiger partial charge is 0.463 e. The molecule has 23 heavy (non-hydrogen) atoms. The third-order valence-corrected chi connectivity index (χ3v) is 5.70. The Bertz CT molecular complexity index is 541. The second-order valence-corrected chi connectivity index (χ2v) is 7.50. The van der Waals surface area contributed by atoms with Crippen LogP contribution < -0.4 is 4.74 Å². The molecule has 3 heterocycles. The number of ether oxygens (including phenoxy) is 2. The standard InChI is InChI=1S/C18H27N3O2/c1-14-5-8-19-17(20-14)22-9-6-15-7-10-23-18(11-15)12-21(13-18)16-3-2-4-16/h5,8,15-16H,2-4,6-7,9-13H2,1H3. The Hall–Kier alpha value is -1.20. The van der Waals surface area contributed by atoms with Gasteiger partial charge in [0, 0.05) is 37.6 Å². The van der Waals surface area contributed by atoms with Gasteiger partial charge in [0.1, 0.15) is 0 Å². The molecule has 1 unspecified atom stereocenters. The lowest BCUT2D eigenvalue weighted by Crippen LogP contribution is -2.68. The van der Waals surface area contributed by atoms with Gasteiger partial charge in [-0.1, -0.05) is 6.42 Å². The van der Waals surface area contributed by atoms with E-state index in [1.807, 2.05) is 13.0 Å². The van der Waals surface area contributed by atoms with Crippen molar-refractivity contribution in [3.8, 4) is 6.01 Å². The molecule has 1 spiro atoms. The monoisotopic (exact) mass is 317 g/mol. The highest BCUT2D eigenvalue weighted by atomic mass is 16.5. The first kappa shape index (κ1) is 15.3. The van der Waals surface area contributed by atoms with E-state index in [0.717, 1.165) is 44.3 Å². The Morgan fingerprint density at radius 1 is 1.35 bits per heavy atom. The topological polar surface area (TPSA) is 47.5 Å². The summed E-state index contributed by atoms with van der Waals surface area (Å²) in [5.41, 5.74) is 1.10. The molecule has 2 saturated heterocycles. The van der Waals surface area contributed by atoms with Crippen LogP contribution in [0.1, 0.15) is 44.2 Å². The summed E-state index contributed by atoms with van der Waals surface area (Å²) in [7, 11) is 0. The zero-order chi connectivity index (χ0) is 15.7. The first-order chi connectivity index (χ1) is 11.2. The van der Waals surface area contributed by atoms with Crippen molar-refractivity contribution in [1.29, 1.82) is 0 Å². The van der Waals surface area contributed by atoms with Crippen LogP contribution in [0.15, 0.2) is 12.3 Å². The summed E-state index contributed by atoms with van der Waals surface area (Å²) in [6.45, 7) is 5.87. The van der Waals surface area contributed by atoms with Gasteiger partial charge in [-0.05, 0) is 51.0 Å². The highest BCUT2D eigenvalue weighted by Gasteiger charge is 2.49. The number of aromatic nitrogens is 2. The summed E-state index contributed by atoms with van der Waals surface area (Å²) < 4.78 is 11.9. The fraction of sp³-hybridized carbons (Fsp3) is 0.778. The van der Waals surface area contributed by atoms with E-state index < -0.39 is 0 Å². The van der Waals surface area contributed by atoms with Gasteiger partial charge >= 0.3 is 6.01 Å². The van der Waals surface area contributed by atoms with E-state index in [9.17, 15) is 0 Å². The van der Waals surface area contributed by atoms with Gasteiger partial charge in [0.15, 0.2) is 0 Å². The Balaban J connectivity index is 1.22. The molecule has 0 amide bonds. The molecule has 1 aromatic rings. The van der Waals surface area contributed by atoms with Crippen molar-refractivity contribution in [2.24, 2.45) is 5.92 Å². The SMILES string of the molecule is Cc1ccnc(OCCC2CCOC3(C2)CN(C2CCC2)C3)n1. The minimum atomic E-state index is 0.151. The highest BCUT2D eigenvalue weighted by molar-refractivity contribution is 5.04. The Kier molecular flexibility index (Phi) is 4.24. The van der Waals surface area contributed by atoms with E-state index in [2.05, 4.69) is 14.9 Å². The minimum absolute atomic E-state index is 0.151. The molecule has 1 saturated carbocycles. The van der Waals surface area contributed by atoms with Crippen molar-refractivity contribution in [2.45, 2.75) is 57.1 Å². The molecule has 3 aliphatic rings. The molecule has 1 aliphatic carbocycles. The molecule has 1 aromatic heterocycles. The van der Waals surface area contributed by atoms with Gasteiger partial charge in [-0.15, -0.1) is 0 Å². The van der Waals surface area contributed by atoms with Gasteiger partial charge in [0.25, 0.3) is 0 Å². The number of rotatable bonds is 5. The van der Waals surface area contributed by atoms with Crippen molar-refractivity contribution in [3.63, 3.8) is 0 Å². The number of likely N-dealkylation sites (tertiary alicyclic amines) is 1. The maximum atomic E-state index is 6.15. The molecule has 0 aromatic carbocycles. The lowest BCUT2D eigenvalue weighted by molar-refractivity contribution is -0.195. The Morgan fingerprint density at radius 2 is 2.22 bits per heavy atom. The van der Waals surface area contributed by atoms with Crippen LogP contribution >= 0.6 is 0 Å². The number of hydrogen-bond donors (Lipinski definition) is 0. The molecule has 5 heteroatoms. The quantitative estimate of drug-likeness (QED) is 0.835. The number of hydrogen-bond acceptors (Lipinski definition) is 5. The summed E-state index contributed by atoms with van der Waals surface area (Å²) >= 11 is 0. The van der Waals surface area contributed by atoms with Crippen LogP contribution in [-0.2, 0) is 4.74 Å². The third kappa shape index (κ3) is 3.36. The molecule has 5 nitrogen and oxygen atoms in total. The number of aryl methyl sites for hydroxylation is 1. The fourth-order valence-electron chi connectivity index (χ4n) is 4.11. The zero-order valence-electron chi connectivity index (χ0n) is 14.0. The molecule has 3 fully saturated rings. The maximum Gasteiger partial charge on any atom is 0.316 e. The van der Waals surface area contributed by atoms with Gasteiger partial charge < -0.3 is 9.47 Å². The van der Waals surface area contributed by atoms with Crippen LogP contribution in [0.5, 0.6) is 6.01 Å². The summed E-state index contributed by atoms with van der Waals surface area (Å²) in [6, 6.07) is 3.25. The smallest absolute Gasteiger partial charge is 0.316 e. The van der Waals surface area contributed by atoms with Gasteiger partial charge in [-0.2, -0.15) is 0 Å². The highest BCUT2D eigenvalue weighted by Crippen LogP contribution is 2.41. The van der Waals surface area contributed by atoms with Crippen molar-refractivity contribution in [1.82, 2.24) is 14.9 Å². The average molecular weight is 317 g/mol. The molecule has 4 rings (SSSR count). The lowest BCUT2D eigenvalue weighted by atomic mass is 9.76. The van der Waals surface area contributed by atoms with Crippen LogP contribution in [0.25, 0.3) is 0 Å². The molecule has 2 aliphatic heterocycles. The normalized spacial score (nSPS) is 27.4. The van der Waals surface area contributed by atoms with Gasteiger partial charge in [-0.3, -0.25) is 4.90 Å². The van der Waals surface area contributed by atoms with Crippen LogP contribution in [0.2, 0.25) is 0 Å². The molecule has 0 bridgehead atoms. The summed E-state index contributed by atoms with van der Waals surface area (Å²) in [5, 5.41) is 0. The van der Waals surface area contributed by atoms with E-state index in [0.29, 0.717) is 18.5 Å². The number of nitrogens with zero attached hydrogens (tertiary/aromatic N) is 3. The van der Waals surface area contributed by atoms with E-state index in [4.69, 9.17) is 9.47 Å². The van der Waals surface area contributed by atoms with E-state index >= 15 is 0 Å². The van der Waals surface area contributed by atoms with E-state index in [-0.39, 0.29) is 5.60 Å². The fourth-order valence-corrected chi connectivity index (χ4v) is 4.11. The Labute approximate surface area is 138 Å². The van der Waals surface area contributed by atoms with Crippen LogP contribution in [0, 0.1) is 12.8 Å². The minimum Gasteiger partial charge on any atom is -0.463 e.